The summed E-state index contributed by atoms with van der Waals surface area (Å²) in [6, 6.07) is 14.8. The lowest BCUT2D eigenvalue weighted by Crippen LogP contribution is -2.41. The minimum atomic E-state index is -0.474. The molecule has 7 heteroatoms. The maximum absolute atomic E-state index is 12.6. The Morgan fingerprint density at radius 2 is 1.62 bits per heavy atom. The fourth-order valence-electron chi connectivity index (χ4n) is 3.22. The van der Waals surface area contributed by atoms with Crippen LogP contribution in [0.25, 0.3) is 11.0 Å². The van der Waals surface area contributed by atoms with Crippen LogP contribution in [0.3, 0.4) is 0 Å². The number of amides is 2. The lowest BCUT2D eigenvalue weighted by molar-refractivity contribution is 0.0831. The van der Waals surface area contributed by atoms with Gasteiger partial charge in [0.2, 0.25) is 0 Å². The molecule has 0 atom stereocenters. The predicted octanol–water partition coefficient (Wildman–Crippen LogP) is 4.22. The number of nitrogens with one attached hydrogen (secondary N) is 2. The highest BCUT2D eigenvalue weighted by molar-refractivity contribution is 7.97. The van der Waals surface area contributed by atoms with E-state index >= 15 is 0 Å². The number of para-hydroxylation sites is 1. The van der Waals surface area contributed by atoms with E-state index in [4.69, 9.17) is 4.42 Å². The Morgan fingerprint density at radius 1 is 0.966 bits per heavy atom. The number of carbonyl (C=O) groups excluding carboxylic acids is 2. The maximum Gasteiger partial charge on any atom is 0.305 e. The van der Waals surface area contributed by atoms with Crippen molar-refractivity contribution >= 4 is 40.2 Å². The summed E-state index contributed by atoms with van der Waals surface area (Å²) in [5.41, 5.74) is 7.93. The van der Waals surface area contributed by atoms with Gasteiger partial charge in [0.25, 0.3) is 5.91 Å². The Bertz CT molecular complexity index is 994. The number of hydrazine groups is 1. The average molecular weight is 412 g/mol. The van der Waals surface area contributed by atoms with Crippen LogP contribution in [0.5, 0.6) is 0 Å². The van der Waals surface area contributed by atoms with Crippen molar-refractivity contribution in [3.05, 3.63) is 65.4 Å². The number of thioether (sulfide) groups is 1. The van der Waals surface area contributed by atoms with E-state index in [1.807, 2.05) is 42.7 Å². The van der Waals surface area contributed by atoms with Crippen LogP contribution in [0.2, 0.25) is 0 Å². The van der Waals surface area contributed by atoms with Crippen molar-refractivity contribution < 1.29 is 14.0 Å². The van der Waals surface area contributed by atoms with Crippen molar-refractivity contribution in [2.75, 3.05) is 24.2 Å². The predicted molar refractivity (Wildman–Crippen MR) is 118 cm³/mol. The van der Waals surface area contributed by atoms with Crippen LogP contribution in [0.15, 0.2) is 52.9 Å². The molecule has 2 aromatic carbocycles. The van der Waals surface area contributed by atoms with Gasteiger partial charge in [-0.1, -0.05) is 18.2 Å². The molecule has 3 aromatic rings. The number of nitrogens with zero attached hydrogens (tertiary/aromatic N) is 1. The van der Waals surface area contributed by atoms with Gasteiger partial charge in [0.15, 0.2) is 5.76 Å². The second-order valence-corrected chi connectivity index (χ2v) is 7.33. The molecular formula is C22H25N3O3S. The molecule has 0 spiro atoms. The second-order valence-electron chi connectivity index (χ2n) is 6.47. The third-order valence-electron chi connectivity index (χ3n) is 4.74. The Balaban J connectivity index is 1.70. The molecule has 0 radical (unpaired) electrons. The fraction of sp³-hybridized carbons (Fsp3) is 0.273. The molecule has 0 aliphatic carbocycles. The van der Waals surface area contributed by atoms with Gasteiger partial charge in [0.05, 0.1) is 0 Å². The molecule has 0 fully saturated rings. The molecule has 2 N–H and O–H groups in total. The molecule has 0 aliphatic rings. The minimum Gasteiger partial charge on any atom is -0.451 e. The number of fused-ring (bicyclic) bond motifs is 1. The summed E-state index contributed by atoms with van der Waals surface area (Å²) in [6.07, 6.45) is 1.97. The van der Waals surface area contributed by atoms with E-state index in [9.17, 15) is 9.59 Å². The zero-order valence-corrected chi connectivity index (χ0v) is 17.6. The van der Waals surface area contributed by atoms with Crippen molar-refractivity contribution in [2.45, 2.75) is 19.6 Å². The number of hydrogen-bond acceptors (Lipinski definition) is 5. The highest BCUT2D eigenvalue weighted by Gasteiger charge is 2.20. The first kappa shape index (κ1) is 20.8. The molecule has 0 aliphatic heterocycles. The van der Waals surface area contributed by atoms with Gasteiger partial charge in [-0.25, -0.2) is 0 Å². The quantitative estimate of drug-likeness (QED) is 0.570. The standard InChI is InChI=1S/C22H25N3O3S/c1-4-25(5-2)16-12-10-15(11-13-16)21(26)23-24-22(27)20-18(14-29-3)17-8-6-7-9-19(17)28-20/h6-13H,4-5,14H2,1-3H3,(H,23,26)(H,24,27). The monoisotopic (exact) mass is 411 g/mol. The van der Waals surface area contributed by atoms with Gasteiger partial charge in [-0.3, -0.25) is 20.4 Å². The molecule has 0 saturated carbocycles. The number of rotatable bonds is 7. The minimum absolute atomic E-state index is 0.220. The van der Waals surface area contributed by atoms with Crippen LogP contribution in [0.1, 0.15) is 40.3 Å². The van der Waals surface area contributed by atoms with E-state index in [0.717, 1.165) is 29.7 Å². The summed E-state index contributed by atoms with van der Waals surface area (Å²) in [4.78, 5) is 27.2. The largest absolute Gasteiger partial charge is 0.451 e. The van der Waals surface area contributed by atoms with Gasteiger partial charge in [-0.2, -0.15) is 11.8 Å². The highest BCUT2D eigenvalue weighted by atomic mass is 32.2. The van der Waals surface area contributed by atoms with Gasteiger partial charge in [0, 0.05) is 41.0 Å². The number of hydrogen-bond donors (Lipinski definition) is 2. The van der Waals surface area contributed by atoms with Gasteiger partial charge >= 0.3 is 5.91 Å². The van der Waals surface area contributed by atoms with Gasteiger partial charge in [-0.15, -0.1) is 0 Å². The van der Waals surface area contributed by atoms with E-state index in [1.54, 1.807) is 23.9 Å². The number of furan rings is 1. The lowest BCUT2D eigenvalue weighted by atomic mass is 10.1. The van der Waals surface area contributed by atoms with E-state index in [-0.39, 0.29) is 11.7 Å². The third kappa shape index (κ3) is 4.56. The van der Waals surface area contributed by atoms with Crippen molar-refractivity contribution in [1.29, 1.82) is 0 Å². The summed E-state index contributed by atoms with van der Waals surface area (Å²) in [5, 5.41) is 0.908. The molecule has 152 valence electrons. The first-order valence-corrected chi connectivity index (χ1v) is 10.9. The Kier molecular flexibility index (Phi) is 6.82. The maximum atomic E-state index is 12.6. The Hall–Kier alpha value is -2.93. The molecule has 1 aromatic heterocycles. The van der Waals surface area contributed by atoms with Crippen LogP contribution >= 0.6 is 11.8 Å². The average Bonchev–Trinajstić information content (AvgIpc) is 3.12. The molecule has 29 heavy (non-hydrogen) atoms. The van der Waals surface area contributed by atoms with Crippen LogP contribution in [0, 0.1) is 0 Å². The van der Waals surface area contributed by atoms with E-state index in [2.05, 4.69) is 29.6 Å². The summed E-state index contributed by atoms with van der Waals surface area (Å²) in [7, 11) is 0. The zero-order chi connectivity index (χ0) is 20.8. The highest BCUT2D eigenvalue weighted by Crippen LogP contribution is 2.28. The van der Waals surface area contributed by atoms with Crippen molar-refractivity contribution in [3.8, 4) is 0 Å². The second kappa shape index (κ2) is 9.52. The molecule has 3 rings (SSSR count). The molecule has 6 nitrogen and oxygen atoms in total. The number of anilines is 1. The van der Waals surface area contributed by atoms with Gasteiger partial charge < -0.3 is 9.32 Å². The molecule has 0 saturated heterocycles. The molecule has 0 bridgehead atoms. The third-order valence-corrected chi connectivity index (χ3v) is 5.32. The smallest absolute Gasteiger partial charge is 0.305 e. The van der Waals surface area contributed by atoms with Gasteiger partial charge in [-0.05, 0) is 50.4 Å². The molecule has 0 unspecified atom stereocenters. The van der Waals surface area contributed by atoms with Crippen molar-refractivity contribution in [1.82, 2.24) is 10.9 Å². The SMILES string of the molecule is CCN(CC)c1ccc(C(=O)NNC(=O)c2oc3ccccc3c2CSC)cc1. The summed E-state index contributed by atoms with van der Waals surface area (Å²) < 4.78 is 5.74. The van der Waals surface area contributed by atoms with E-state index in [0.29, 0.717) is 16.9 Å². The zero-order valence-electron chi connectivity index (χ0n) is 16.8. The number of benzene rings is 2. The summed E-state index contributed by atoms with van der Waals surface area (Å²) in [5.74, 6) is 0.00337. The topological polar surface area (TPSA) is 74.6 Å². The van der Waals surface area contributed by atoms with E-state index < -0.39 is 5.91 Å². The Morgan fingerprint density at radius 3 is 2.28 bits per heavy atom. The van der Waals surface area contributed by atoms with E-state index in [1.165, 1.54) is 0 Å². The van der Waals surface area contributed by atoms with Crippen LogP contribution < -0.4 is 15.8 Å². The van der Waals surface area contributed by atoms with Gasteiger partial charge in [0.1, 0.15) is 5.58 Å². The fourth-order valence-corrected chi connectivity index (χ4v) is 3.80. The van der Waals surface area contributed by atoms with Crippen LogP contribution in [0.4, 0.5) is 5.69 Å². The number of carbonyl (C=O) groups is 2. The van der Waals surface area contributed by atoms with Crippen molar-refractivity contribution in [2.24, 2.45) is 0 Å². The lowest BCUT2D eigenvalue weighted by Gasteiger charge is -2.21. The first-order valence-electron chi connectivity index (χ1n) is 9.54. The first-order chi connectivity index (χ1) is 14.1. The Labute approximate surface area is 174 Å². The summed E-state index contributed by atoms with van der Waals surface area (Å²) in [6.45, 7) is 5.97. The van der Waals surface area contributed by atoms with Crippen molar-refractivity contribution in [3.63, 3.8) is 0 Å². The summed E-state index contributed by atoms with van der Waals surface area (Å²) >= 11 is 1.60. The molecular weight excluding hydrogens is 386 g/mol. The van der Waals surface area contributed by atoms with Crippen LogP contribution in [-0.4, -0.2) is 31.2 Å². The molecule has 1 heterocycles. The molecule has 2 amide bonds. The van der Waals surface area contributed by atoms with Crippen LogP contribution in [-0.2, 0) is 5.75 Å². The normalized spacial score (nSPS) is 10.7.